The summed E-state index contributed by atoms with van der Waals surface area (Å²) in [6.07, 6.45) is -4.83. The van der Waals surface area contributed by atoms with E-state index in [9.17, 15) is 32.3 Å². The SMILES string of the molecule is CC(CC(=O)OC(=O)C(F)(F)F)N1CC(=O)N(c2ccccc2)c2ccc(C#CCCCN)cc2C1=O. The van der Waals surface area contributed by atoms with Crippen LogP contribution in [0, 0.1) is 11.8 Å². The smallest absolute Gasteiger partial charge is 0.386 e. The van der Waals surface area contributed by atoms with Crippen molar-refractivity contribution in [3.8, 4) is 11.8 Å². The number of ether oxygens (including phenoxy) is 1. The maximum absolute atomic E-state index is 13.6. The molecule has 0 bridgehead atoms. The molecule has 1 unspecified atom stereocenters. The Labute approximate surface area is 211 Å². The third kappa shape index (κ3) is 6.74. The van der Waals surface area contributed by atoms with Crippen molar-refractivity contribution in [2.24, 2.45) is 5.73 Å². The van der Waals surface area contributed by atoms with Crippen molar-refractivity contribution < 1.29 is 37.1 Å². The van der Waals surface area contributed by atoms with E-state index in [1.807, 2.05) is 0 Å². The van der Waals surface area contributed by atoms with Crippen molar-refractivity contribution in [3.63, 3.8) is 0 Å². The zero-order valence-electron chi connectivity index (χ0n) is 19.9. The van der Waals surface area contributed by atoms with Crippen LogP contribution in [0.1, 0.15) is 42.1 Å². The first-order valence-corrected chi connectivity index (χ1v) is 11.4. The molecule has 1 atom stereocenters. The Hall–Kier alpha value is -4.17. The topological polar surface area (TPSA) is 110 Å². The summed E-state index contributed by atoms with van der Waals surface area (Å²) in [6.45, 7) is 1.38. The molecule has 0 spiro atoms. The van der Waals surface area contributed by atoms with E-state index in [2.05, 4.69) is 16.6 Å². The third-order valence-electron chi connectivity index (χ3n) is 5.47. The number of hydrogen-bond acceptors (Lipinski definition) is 6. The molecule has 1 heterocycles. The number of carbonyl (C=O) groups is 4. The Morgan fingerprint density at radius 2 is 1.84 bits per heavy atom. The molecule has 2 aromatic carbocycles. The molecule has 0 radical (unpaired) electrons. The lowest BCUT2D eigenvalue weighted by atomic mass is 10.0. The minimum atomic E-state index is -5.34. The number of halogens is 3. The molecule has 2 aromatic rings. The van der Waals surface area contributed by atoms with Gasteiger partial charge in [-0.15, -0.1) is 0 Å². The van der Waals surface area contributed by atoms with Crippen LogP contribution < -0.4 is 10.6 Å². The monoisotopic (exact) mass is 515 g/mol. The van der Waals surface area contributed by atoms with Crippen molar-refractivity contribution in [2.45, 2.75) is 38.4 Å². The second kappa shape index (κ2) is 11.7. The summed E-state index contributed by atoms with van der Waals surface area (Å²) in [5.41, 5.74) is 6.89. The largest absolute Gasteiger partial charge is 0.491 e. The molecule has 0 saturated carbocycles. The number of esters is 2. The van der Waals surface area contributed by atoms with Crippen molar-refractivity contribution in [1.82, 2.24) is 4.90 Å². The molecular formula is C26H24F3N3O5. The van der Waals surface area contributed by atoms with Gasteiger partial charge in [0.25, 0.3) is 11.8 Å². The van der Waals surface area contributed by atoms with Gasteiger partial charge in [-0.25, -0.2) is 4.79 Å². The van der Waals surface area contributed by atoms with Crippen LogP contribution in [0.4, 0.5) is 24.5 Å². The summed E-state index contributed by atoms with van der Waals surface area (Å²) in [7, 11) is 0. The second-order valence-electron chi connectivity index (χ2n) is 8.24. The predicted molar refractivity (Wildman–Crippen MR) is 127 cm³/mol. The molecule has 1 aliphatic rings. The summed E-state index contributed by atoms with van der Waals surface area (Å²) in [5, 5.41) is 0. The van der Waals surface area contributed by atoms with Gasteiger partial charge in [0.15, 0.2) is 0 Å². The van der Waals surface area contributed by atoms with Crippen molar-refractivity contribution in [1.29, 1.82) is 0 Å². The van der Waals surface area contributed by atoms with E-state index in [-0.39, 0.29) is 5.56 Å². The lowest BCUT2D eigenvalue weighted by Gasteiger charge is -2.27. The van der Waals surface area contributed by atoms with Crippen LogP contribution in [-0.4, -0.2) is 54.0 Å². The van der Waals surface area contributed by atoms with Gasteiger partial charge in [0.05, 0.1) is 17.7 Å². The van der Waals surface area contributed by atoms with E-state index in [1.54, 1.807) is 42.5 Å². The summed E-state index contributed by atoms with van der Waals surface area (Å²) in [6, 6.07) is 12.3. The number of amides is 2. The minimum Gasteiger partial charge on any atom is -0.386 e. The Kier molecular flexibility index (Phi) is 8.68. The lowest BCUT2D eigenvalue weighted by Crippen LogP contribution is -2.44. The van der Waals surface area contributed by atoms with Gasteiger partial charge in [0.2, 0.25) is 0 Å². The number of unbranched alkanes of at least 4 members (excludes halogenated alkanes) is 1. The average molecular weight is 515 g/mol. The molecule has 0 fully saturated rings. The number of carbonyl (C=O) groups excluding carboxylic acids is 4. The molecule has 0 saturated heterocycles. The fourth-order valence-electron chi connectivity index (χ4n) is 3.68. The number of benzene rings is 2. The standard InChI is InChI=1S/C26H24F3N3O5/c1-17(14-23(34)37-25(36)26(27,28)29)31-16-22(33)32(19-9-5-2-6-10-19)21-12-11-18(8-4-3-7-13-30)15-20(21)24(31)35/h2,5-6,9-12,15,17H,3,7,13-14,16,30H2,1H3. The Morgan fingerprint density at radius 1 is 1.14 bits per heavy atom. The summed E-state index contributed by atoms with van der Waals surface area (Å²) >= 11 is 0. The molecule has 2 N–H and O–H groups in total. The van der Waals surface area contributed by atoms with Crippen LogP contribution in [0.25, 0.3) is 0 Å². The van der Waals surface area contributed by atoms with E-state index < -0.39 is 48.9 Å². The number of nitrogens with two attached hydrogens (primary N) is 1. The molecule has 11 heteroatoms. The van der Waals surface area contributed by atoms with Crippen molar-refractivity contribution in [2.75, 3.05) is 18.0 Å². The third-order valence-corrected chi connectivity index (χ3v) is 5.47. The number of anilines is 2. The number of alkyl halides is 3. The number of fused-ring (bicyclic) bond motifs is 1. The van der Waals surface area contributed by atoms with Crippen LogP contribution in [0.5, 0.6) is 0 Å². The van der Waals surface area contributed by atoms with Gasteiger partial charge in [0, 0.05) is 23.7 Å². The van der Waals surface area contributed by atoms with E-state index in [4.69, 9.17) is 5.73 Å². The summed E-state index contributed by atoms with van der Waals surface area (Å²) < 4.78 is 41.2. The highest BCUT2D eigenvalue weighted by Gasteiger charge is 2.43. The fourth-order valence-corrected chi connectivity index (χ4v) is 3.68. The van der Waals surface area contributed by atoms with Crippen LogP contribution in [-0.2, 0) is 19.1 Å². The minimum absolute atomic E-state index is 0.118. The van der Waals surface area contributed by atoms with Crippen LogP contribution in [0.3, 0.4) is 0 Å². The first kappa shape index (κ1) is 27.4. The number of nitrogens with zero attached hydrogens (tertiary/aromatic N) is 2. The molecule has 194 valence electrons. The number of rotatable bonds is 6. The lowest BCUT2D eigenvalue weighted by molar-refractivity contribution is -0.202. The van der Waals surface area contributed by atoms with E-state index in [0.717, 1.165) is 4.90 Å². The molecule has 1 aliphatic heterocycles. The van der Waals surface area contributed by atoms with Gasteiger partial charge >= 0.3 is 18.1 Å². The van der Waals surface area contributed by atoms with Crippen molar-refractivity contribution in [3.05, 3.63) is 59.7 Å². The van der Waals surface area contributed by atoms with Crippen LogP contribution >= 0.6 is 0 Å². The molecule has 0 aliphatic carbocycles. The molecule has 8 nitrogen and oxygen atoms in total. The maximum Gasteiger partial charge on any atom is 0.491 e. The quantitative estimate of drug-likeness (QED) is 0.274. The molecule has 3 rings (SSSR count). The Morgan fingerprint density at radius 3 is 2.49 bits per heavy atom. The zero-order valence-corrected chi connectivity index (χ0v) is 19.9. The highest BCUT2D eigenvalue weighted by atomic mass is 19.4. The molecule has 2 amide bonds. The van der Waals surface area contributed by atoms with E-state index >= 15 is 0 Å². The molecule has 37 heavy (non-hydrogen) atoms. The Balaban J connectivity index is 1.97. The van der Waals surface area contributed by atoms with E-state index in [0.29, 0.717) is 36.3 Å². The van der Waals surface area contributed by atoms with Gasteiger partial charge in [-0.3, -0.25) is 19.3 Å². The maximum atomic E-state index is 13.6. The first-order valence-electron chi connectivity index (χ1n) is 11.4. The zero-order chi connectivity index (χ0) is 27.2. The predicted octanol–water partition coefficient (Wildman–Crippen LogP) is 3.31. The highest BCUT2D eigenvalue weighted by Crippen LogP contribution is 2.33. The van der Waals surface area contributed by atoms with E-state index in [1.165, 1.54) is 17.9 Å². The van der Waals surface area contributed by atoms with Crippen molar-refractivity contribution >= 4 is 35.1 Å². The summed E-state index contributed by atoms with van der Waals surface area (Å²) in [4.78, 5) is 52.3. The first-order chi connectivity index (χ1) is 17.5. The van der Waals surface area contributed by atoms with Crippen LogP contribution in [0.15, 0.2) is 48.5 Å². The van der Waals surface area contributed by atoms with Crippen LogP contribution in [0.2, 0.25) is 0 Å². The normalized spacial score (nSPS) is 14.3. The average Bonchev–Trinajstić information content (AvgIpc) is 2.95. The number of para-hydroxylation sites is 1. The van der Waals surface area contributed by atoms with Gasteiger partial charge in [0.1, 0.15) is 6.54 Å². The highest BCUT2D eigenvalue weighted by molar-refractivity contribution is 6.13. The molecule has 0 aromatic heterocycles. The second-order valence-corrected chi connectivity index (χ2v) is 8.24. The van der Waals surface area contributed by atoms with Gasteiger partial charge < -0.3 is 15.4 Å². The molecular weight excluding hydrogens is 491 g/mol. The van der Waals surface area contributed by atoms with Gasteiger partial charge in [-0.05, 0) is 50.2 Å². The summed E-state index contributed by atoms with van der Waals surface area (Å²) in [5.74, 6) is 0.650. The van der Waals surface area contributed by atoms with Gasteiger partial charge in [-0.2, -0.15) is 13.2 Å². The number of hydrogen-bond donors (Lipinski definition) is 1. The fraction of sp³-hybridized carbons (Fsp3) is 0.308. The van der Waals surface area contributed by atoms with Gasteiger partial charge in [-0.1, -0.05) is 30.0 Å². The Bertz CT molecular complexity index is 1250.